The molecule has 4 nitrogen and oxygen atoms in total. The lowest BCUT2D eigenvalue weighted by Gasteiger charge is -2.33. The Balaban J connectivity index is 2.96. The zero-order valence-electron chi connectivity index (χ0n) is 17.5. The Hall–Kier alpha value is -0.880. The summed E-state index contributed by atoms with van der Waals surface area (Å²) in [5.74, 6) is 0.551. The lowest BCUT2D eigenvalue weighted by Crippen LogP contribution is -2.39. The Bertz CT molecular complexity index is 670. The predicted molar refractivity (Wildman–Crippen MR) is 116 cm³/mol. The molecular formula is C21H32BrNO3S. The lowest BCUT2D eigenvalue weighted by molar-refractivity contribution is -0.162. The average molecular weight is 458 g/mol. The summed E-state index contributed by atoms with van der Waals surface area (Å²) in [5.41, 5.74) is -0.439. The molecule has 1 atom stereocenters. The minimum absolute atomic E-state index is 0.0285. The van der Waals surface area contributed by atoms with Gasteiger partial charge < -0.3 is 4.74 Å². The standard InChI is InChI=1S/C21H32BrNO3S/c1-15(24)27-14-20(5,6)9-8-10-21(7,18(25)26-19(2,3)4)16-11-17(22)13-23-12-16/h11-13H,8-10,14H2,1-7H3. The second kappa shape index (κ2) is 9.55. The van der Waals surface area contributed by atoms with Crippen molar-refractivity contribution in [3.8, 4) is 0 Å². The van der Waals surface area contributed by atoms with Gasteiger partial charge in [0.1, 0.15) is 5.60 Å². The van der Waals surface area contributed by atoms with Gasteiger partial charge in [-0.15, -0.1) is 0 Å². The Kier molecular flexibility index (Phi) is 8.54. The molecule has 0 amide bonds. The van der Waals surface area contributed by atoms with Gasteiger partial charge in [0, 0.05) is 29.5 Å². The molecule has 1 heterocycles. The maximum Gasteiger partial charge on any atom is 0.316 e. The molecule has 0 radical (unpaired) electrons. The van der Waals surface area contributed by atoms with Crippen LogP contribution in [0.25, 0.3) is 0 Å². The second-order valence-corrected chi connectivity index (χ2v) is 11.1. The van der Waals surface area contributed by atoms with Gasteiger partial charge in [0.2, 0.25) is 0 Å². The van der Waals surface area contributed by atoms with Gasteiger partial charge in [-0.2, -0.15) is 0 Å². The first-order valence-electron chi connectivity index (χ1n) is 9.23. The molecule has 0 bridgehead atoms. The number of hydrogen-bond donors (Lipinski definition) is 0. The van der Waals surface area contributed by atoms with Crippen LogP contribution in [0.3, 0.4) is 0 Å². The molecule has 27 heavy (non-hydrogen) atoms. The Morgan fingerprint density at radius 2 is 1.74 bits per heavy atom. The van der Waals surface area contributed by atoms with Gasteiger partial charge in [-0.05, 0) is 73.5 Å². The van der Waals surface area contributed by atoms with Crippen molar-refractivity contribution in [3.05, 3.63) is 28.5 Å². The van der Waals surface area contributed by atoms with Crippen molar-refractivity contribution in [1.29, 1.82) is 0 Å². The molecule has 0 spiro atoms. The van der Waals surface area contributed by atoms with Crippen molar-refractivity contribution in [1.82, 2.24) is 4.98 Å². The van der Waals surface area contributed by atoms with Crippen molar-refractivity contribution in [2.24, 2.45) is 5.41 Å². The molecule has 0 aromatic carbocycles. The van der Waals surface area contributed by atoms with Crippen LogP contribution < -0.4 is 0 Å². The van der Waals surface area contributed by atoms with Gasteiger partial charge in [-0.3, -0.25) is 14.6 Å². The first-order valence-corrected chi connectivity index (χ1v) is 11.0. The van der Waals surface area contributed by atoms with Crippen molar-refractivity contribution >= 4 is 38.8 Å². The number of aromatic nitrogens is 1. The quantitative estimate of drug-likeness (QED) is 0.453. The van der Waals surface area contributed by atoms with E-state index in [1.807, 2.05) is 33.8 Å². The van der Waals surface area contributed by atoms with Crippen LogP contribution >= 0.6 is 27.7 Å². The molecule has 0 saturated heterocycles. The summed E-state index contributed by atoms with van der Waals surface area (Å²) in [6.45, 7) is 13.5. The highest BCUT2D eigenvalue weighted by Gasteiger charge is 2.39. The van der Waals surface area contributed by atoms with E-state index in [0.29, 0.717) is 6.42 Å². The van der Waals surface area contributed by atoms with Crippen LogP contribution in [0.1, 0.15) is 73.3 Å². The van der Waals surface area contributed by atoms with Crippen LogP contribution in [0.15, 0.2) is 22.9 Å². The molecule has 0 aliphatic carbocycles. The molecule has 1 aromatic heterocycles. The number of hydrogen-bond acceptors (Lipinski definition) is 5. The average Bonchev–Trinajstić information content (AvgIpc) is 2.51. The topological polar surface area (TPSA) is 56.3 Å². The number of ether oxygens (including phenoxy) is 1. The number of thioether (sulfide) groups is 1. The first kappa shape index (κ1) is 24.2. The Labute approximate surface area is 176 Å². The maximum atomic E-state index is 13.0. The van der Waals surface area contributed by atoms with Crippen LogP contribution in [0, 0.1) is 5.41 Å². The minimum atomic E-state index is -0.770. The van der Waals surface area contributed by atoms with Crippen molar-refractivity contribution < 1.29 is 14.3 Å². The van der Waals surface area contributed by atoms with Crippen molar-refractivity contribution in [2.45, 2.75) is 78.7 Å². The number of rotatable bonds is 8. The molecule has 152 valence electrons. The van der Waals surface area contributed by atoms with E-state index in [0.717, 1.165) is 28.6 Å². The summed E-state index contributed by atoms with van der Waals surface area (Å²) in [7, 11) is 0. The summed E-state index contributed by atoms with van der Waals surface area (Å²) >= 11 is 4.81. The summed E-state index contributed by atoms with van der Waals surface area (Å²) in [4.78, 5) is 28.5. The molecule has 0 saturated carbocycles. The molecule has 1 aromatic rings. The molecule has 1 rings (SSSR count). The molecule has 1 unspecified atom stereocenters. The summed E-state index contributed by atoms with van der Waals surface area (Å²) < 4.78 is 6.57. The summed E-state index contributed by atoms with van der Waals surface area (Å²) in [6.07, 6.45) is 5.89. The number of halogens is 1. The summed E-state index contributed by atoms with van der Waals surface area (Å²) in [5, 5.41) is 0.141. The van der Waals surface area contributed by atoms with Crippen molar-refractivity contribution in [2.75, 3.05) is 5.75 Å². The Morgan fingerprint density at radius 1 is 1.11 bits per heavy atom. The first-order chi connectivity index (χ1) is 12.3. The van der Waals surface area contributed by atoms with Crippen LogP contribution in [0.4, 0.5) is 0 Å². The van der Waals surface area contributed by atoms with E-state index < -0.39 is 11.0 Å². The van der Waals surface area contributed by atoms with Gasteiger partial charge in [-0.1, -0.05) is 32.0 Å². The van der Waals surface area contributed by atoms with Crippen LogP contribution in [0.5, 0.6) is 0 Å². The van der Waals surface area contributed by atoms with E-state index in [9.17, 15) is 9.59 Å². The highest BCUT2D eigenvalue weighted by Crippen LogP contribution is 2.36. The van der Waals surface area contributed by atoms with Gasteiger partial charge in [0.05, 0.1) is 5.41 Å². The van der Waals surface area contributed by atoms with E-state index in [4.69, 9.17) is 4.74 Å². The van der Waals surface area contributed by atoms with Gasteiger partial charge in [0.15, 0.2) is 5.12 Å². The van der Waals surface area contributed by atoms with Crippen LogP contribution in [-0.4, -0.2) is 27.4 Å². The van der Waals surface area contributed by atoms with E-state index in [-0.39, 0.29) is 16.5 Å². The maximum absolute atomic E-state index is 13.0. The largest absolute Gasteiger partial charge is 0.459 e. The predicted octanol–water partition coefficient (Wildman–Crippen LogP) is 5.92. The van der Waals surface area contributed by atoms with Crippen LogP contribution in [0.2, 0.25) is 0 Å². The van der Waals surface area contributed by atoms with E-state index in [2.05, 4.69) is 34.8 Å². The monoisotopic (exact) mass is 457 g/mol. The van der Waals surface area contributed by atoms with Gasteiger partial charge >= 0.3 is 5.97 Å². The van der Waals surface area contributed by atoms with Gasteiger partial charge in [0.25, 0.3) is 0 Å². The number of carbonyl (C=O) groups is 2. The molecule has 6 heteroatoms. The smallest absolute Gasteiger partial charge is 0.316 e. The van der Waals surface area contributed by atoms with Gasteiger partial charge in [-0.25, -0.2) is 0 Å². The number of esters is 1. The SMILES string of the molecule is CC(=O)SCC(C)(C)CCCC(C)(C(=O)OC(C)(C)C)c1cncc(Br)c1. The van der Waals surface area contributed by atoms with Crippen LogP contribution in [-0.2, 0) is 19.7 Å². The highest BCUT2D eigenvalue weighted by atomic mass is 79.9. The molecule has 0 aliphatic rings. The number of nitrogens with zero attached hydrogens (tertiary/aromatic N) is 1. The zero-order chi connectivity index (χ0) is 20.9. The third kappa shape index (κ3) is 8.34. The number of pyridine rings is 1. The fourth-order valence-electron chi connectivity index (χ4n) is 2.76. The fraction of sp³-hybridized carbons (Fsp3) is 0.667. The fourth-order valence-corrected chi connectivity index (χ4v) is 3.86. The summed E-state index contributed by atoms with van der Waals surface area (Å²) in [6, 6.07) is 1.94. The highest BCUT2D eigenvalue weighted by molar-refractivity contribution is 9.10. The lowest BCUT2D eigenvalue weighted by atomic mass is 9.76. The van der Waals surface area contributed by atoms with E-state index in [1.165, 1.54) is 11.8 Å². The van der Waals surface area contributed by atoms with E-state index >= 15 is 0 Å². The Morgan fingerprint density at radius 3 is 2.26 bits per heavy atom. The van der Waals surface area contributed by atoms with Crippen molar-refractivity contribution in [3.63, 3.8) is 0 Å². The third-order valence-electron chi connectivity index (χ3n) is 4.39. The molecule has 0 aliphatic heterocycles. The number of carbonyl (C=O) groups excluding carboxylic acids is 2. The third-order valence-corrected chi connectivity index (χ3v) is 6.15. The second-order valence-electron chi connectivity index (χ2n) is 9.02. The molecule has 0 fully saturated rings. The zero-order valence-corrected chi connectivity index (χ0v) is 19.9. The molecule has 0 N–H and O–H groups in total. The van der Waals surface area contributed by atoms with E-state index in [1.54, 1.807) is 19.3 Å². The minimum Gasteiger partial charge on any atom is -0.459 e. The normalized spacial score (nSPS) is 14.5. The molecular weight excluding hydrogens is 426 g/mol.